The zero-order chi connectivity index (χ0) is 9.42. The summed E-state index contributed by atoms with van der Waals surface area (Å²) in [6, 6.07) is 0. The Morgan fingerprint density at radius 1 is 1.54 bits per heavy atom. The minimum atomic E-state index is 0.728. The van der Waals surface area contributed by atoms with Gasteiger partial charge in [-0.15, -0.1) is 0 Å². The fourth-order valence-electron chi connectivity index (χ4n) is 1.16. The summed E-state index contributed by atoms with van der Waals surface area (Å²) in [6.45, 7) is 5.60. The number of hydrogen-bond acceptors (Lipinski definition) is 3. The standard InChI is InChI=1S/C8H7IN4/c1-3-13-4-10-6-5(2)11-8(9)12-7(6)13/h3-4H,1H2,2H3. The molecule has 0 atom stereocenters. The van der Waals surface area contributed by atoms with Gasteiger partial charge >= 0.3 is 0 Å². The quantitative estimate of drug-likeness (QED) is 0.593. The van der Waals surface area contributed by atoms with Crippen LogP contribution < -0.4 is 0 Å². The number of aryl methyl sites for hydroxylation is 1. The van der Waals surface area contributed by atoms with E-state index in [0.717, 1.165) is 20.7 Å². The topological polar surface area (TPSA) is 43.6 Å². The summed E-state index contributed by atoms with van der Waals surface area (Å²) in [4.78, 5) is 12.7. The Hall–Kier alpha value is -0.980. The van der Waals surface area contributed by atoms with E-state index >= 15 is 0 Å². The third-order valence-corrected chi connectivity index (χ3v) is 2.25. The molecule has 2 rings (SSSR count). The molecule has 66 valence electrons. The third-order valence-electron chi connectivity index (χ3n) is 1.77. The van der Waals surface area contributed by atoms with Gasteiger partial charge in [0.25, 0.3) is 0 Å². The monoisotopic (exact) mass is 286 g/mol. The lowest BCUT2D eigenvalue weighted by molar-refractivity contribution is 1.06. The molecule has 0 fully saturated rings. The molecule has 0 saturated heterocycles. The highest BCUT2D eigenvalue weighted by atomic mass is 127. The van der Waals surface area contributed by atoms with Crippen molar-refractivity contribution in [3.63, 3.8) is 0 Å². The van der Waals surface area contributed by atoms with E-state index in [4.69, 9.17) is 0 Å². The van der Waals surface area contributed by atoms with Crippen LogP contribution in [0.5, 0.6) is 0 Å². The van der Waals surface area contributed by atoms with Crippen LogP contribution in [0.25, 0.3) is 17.4 Å². The van der Waals surface area contributed by atoms with Gasteiger partial charge < -0.3 is 0 Å². The molecule has 4 nitrogen and oxygen atoms in total. The third kappa shape index (κ3) is 1.32. The van der Waals surface area contributed by atoms with Crippen LogP contribution >= 0.6 is 22.6 Å². The zero-order valence-corrected chi connectivity index (χ0v) is 9.19. The summed E-state index contributed by atoms with van der Waals surface area (Å²) >= 11 is 2.09. The molecule has 13 heavy (non-hydrogen) atoms. The molecule has 2 heterocycles. The average Bonchev–Trinajstić information content (AvgIpc) is 2.47. The Morgan fingerprint density at radius 2 is 2.31 bits per heavy atom. The van der Waals surface area contributed by atoms with Gasteiger partial charge in [0, 0.05) is 28.8 Å². The van der Waals surface area contributed by atoms with Gasteiger partial charge in [0.2, 0.25) is 0 Å². The maximum absolute atomic E-state index is 4.27. The van der Waals surface area contributed by atoms with Crippen LogP contribution in [0.4, 0.5) is 0 Å². The number of fused-ring (bicyclic) bond motifs is 1. The van der Waals surface area contributed by atoms with Crippen LogP contribution in [-0.4, -0.2) is 19.5 Å². The van der Waals surface area contributed by atoms with Gasteiger partial charge in [-0.05, 0) is 6.92 Å². The minimum absolute atomic E-state index is 0.728. The summed E-state index contributed by atoms with van der Waals surface area (Å²) in [5.74, 6) is 0. The van der Waals surface area contributed by atoms with E-state index in [1.165, 1.54) is 0 Å². The summed E-state index contributed by atoms with van der Waals surface area (Å²) in [6.07, 6.45) is 3.37. The Balaban J connectivity index is 2.89. The van der Waals surface area contributed by atoms with Crippen LogP contribution in [-0.2, 0) is 0 Å². The van der Waals surface area contributed by atoms with Crippen molar-refractivity contribution in [2.75, 3.05) is 0 Å². The van der Waals surface area contributed by atoms with E-state index in [-0.39, 0.29) is 0 Å². The number of nitrogens with zero attached hydrogens (tertiary/aromatic N) is 4. The van der Waals surface area contributed by atoms with Crippen molar-refractivity contribution in [2.24, 2.45) is 0 Å². The van der Waals surface area contributed by atoms with E-state index in [1.807, 2.05) is 6.92 Å². The summed E-state index contributed by atoms with van der Waals surface area (Å²) in [5, 5.41) is 0. The maximum atomic E-state index is 4.27. The first-order chi connectivity index (χ1) is 6.22. The molecule has 5 heteroatoms. The number of imidazole rings is 1. The van der Waals surface area contributed by atoms with Crippen LogP contribution in [0.2, 0.25) is 0 Å². The molecule has 0 N–H and O–H groups in total. The molecule has 0 saturated carbocycles. The van der Waals surface area contributed by atoms with E-state index in [2.05, 4.69) is 44.1 Å². The van der Waals surface area contributed by atoms with Crippen LogP contribution in [0.1, 0.15) is 5.69 Å². The lowest BCUT2D eigenvalue weighted by Crippen LogP contribution is -1.94. The largest absolute Gasteiger partial charge is 0.291 e. The fraction of sp³-hybridized carbons (Fsp3) is 0.125. The Morgan fingerprint density at radius 3 is 3.00 bits per heavy atom. The van der Waals surface area contributed by atoms with E-state index in [0.29, 0.717) is 0 Å². The first kappa shape index (κ1) is 8.61. The van der Waals surface area contributed by atoms with Crippen molar-refractivity contribution in [1.82, 2.24) is 19.5 Å². The van der Waals surface area contributed by atoms with Gasteiger partial charge in [-0.1, -0.05) is 6.58 Å². The molecule has 0 amide bonds. The minimum Gasteiger partial charge on any atom is -0.291 e. The van der Waals surface area contributed by atoms with Gasteiger partial charge in [0.05, 0.1) is 5.69 Å². The Labute approximate surface area is 88.9 Å². The van der Waals surface area contributed by atoms with Crippen molar-refractivity contribution >= 4 is 40.0 Å². The lowest BCUT2D eigenvalue weighted by Gasteiger charge is -1.96. The van der Waals surface area contributed by atoms with Crippen molar-refractivity contribution in [3.05, 3.63) is 22.4 Å². The van der Waals surface area contributed by atoms with Gasteiger partial charge in [-0.25, -0.2) is 15.0 Å². The molecule has 0 bridgehead atoms. The number of aromatic nitrogens is 4. The predicted octanol–water partition coefficient (Wildman–Crippen LogP) is 1.84. The summed E-state index contributed by atoms with van der Waals surface area (Å²) < 4.78 is 2.51. The highest BCUT2D eigenvalue weighted by Gasteiger charge is 2.06. The molecular weight excluding hydrogens is 279 g/mol. The zero-order valence-electron chi connectivity index (χ0n) is 7.03. The first-order valence-corrected chi connectivity index (χ1v) is 4.79. The normalized spacial score (nSPS) is 10.6. The molecule has 0 aromatic carbocycles. The highest BCUT2D eigenvalue weighted by Crippen LogP contribution is 2.14. The van der Waals surface area contributed by atoms with Crippen molar-refractivity contribution < 1.29 is 0 Å². The molecule has 2 aromatic heterocycles. The van der Waals surface area contributed by atoms with Crippen LogP contribution in [0.15, 0.2) is 12.9 Å². The second-order valence-electron chi connectivity index (χ2n) is 2.58. The SMILES string of the molecule is C=Cn1cnc2c(C)nc(I)nc21. The molecule has 0 spiro atoms. The van der Waals surface area contributed by atoms with Gasteiger partial charge in [0.15, 0.2) is 9.48 Å². The number of hydrogen-bond donors (Lipinski definition) is 0. The van der Waals surface area contributed by atoms with E-state index in [9.17, 15) is 0 Å². The average molecular weight is 286 g/mol. The second-order valence-corrected chi connectivity index (χ2v) is 3.55. The van der Waals surface area contributed by atoms with Gasteiger partial charge in [-0.3, -0.25) is 4.57 Å². The number of halogens is 1. The smallest absolute Gasteiger partial charge is 0.193 e. The molecule has 0 radical (unpaired) electrons. The molecular formula is C8H7IN4. The molecule has 0 unspecified atom stereocenters. The predicted molar refractivity (Wildman–Crippen MR) is 59.2 cm³/mol. The second kappa shape index (κ2) is 3.06. The Kier molecular flexibility index (Phi) is 2.03. The summed E-state index contributed by atoms with van der Waals surface area (Å²) in [5.41, 5.74) is 2.54. The van der Waals surface area contributed by atoms with E-state index in [1.54, 1.807) is 17.1 Å². The molecule has 2 aromatic rings. The molecule has 0 aliphatic heterocycles. The first-order valence-electron chi connectivity index (χ1n) is 3.71. The van der Waals surface area contributed by atoms with Gasteiger partial charge in [0.1, 0.15) is 11.8 Å². The molecule has 0 aliphatic rings. The van der Waals surface area contributed by atoms with Gasteiger partial charge in [-0.2, -0.15) is 0 Å². The molecule has 0 aliphatic carbocycles. The van der Waals surface area contributed by atoms with Crippen LogP contribution in [0.3, 0.4) is 0 Å². The van der Waals surface area contributed by atoms with Crippen molar-refractivity contribution in [1.29, 1.82) is 0 Å². The Bertz CT molecular complexity index is 474. The number of rotatable bonds is 1. The summed E-state index contributed by atoms with van der Waals surface area (Å²) in [7, 11) is 0. The maximum Gasteiger partial charge on any atom is 0.193 e. The fourth-order valence-corrected chi connectivity index (χ4v) is 1.75. The lowest BCUT2D eigenvalue weighted by atomic mass is 10.4. The van der Waals surface area contributed by atoms with E-state index < -0.39 is 0 Å². The highest BCUT2D eigenvalue weighted by molar-refractivity contribution is 14.1. The van der Waals surface area contributed by atoms with Crippen LogP contribution in [0, 0.1) is 10.8 Å². The van der Waals surface area contributed by atoms with Crippen molar-refractivity contribution in [2.45, 2.75) is 6.92 Å². The van der Waals surface area contributed by atoms with Crippen molar-refractivity contribution in [3.8, 4) is 0 Å².